The highest BCUT2D eigenvalue weighted by molar-refractivity contribution is 5.58. The standard InChI is InChI=1S/C17H17N3O4/c1-23-15-5-2-12(10-19-15)14-4-3-13(11-18-14)24-9-8-20-16(21)6-7-17(20)22/h2-7,10-11,21-22H,8-9H2,1H3. The van der Waals surface area contributed by atoms with Crippen LogP contribution < -0.4 is 9.47 Å². The molecule has 3 aromatic heterocycles. The highest BCUT2D eigenvalue weighted by atomic mass is 16.5. The van der Waals surface area contributed by atoms with Crippen LogP contribution in [0.25, 0.3) is 11.3 Å². The first-order valence-corrected chi connectivity index (χ1v) is 7.34. The second-order valence-corrected chi connectivity index (χ2v) is 5.02. The van der Waals surface area contributed by atoms with Gasteiger partial charge in [-0.2, -0.15) is 0 Å². The summed E-state index contributed by atoms with van der Waals surface area (Å²) in [6.07, 6.45) is 3.31. The molecule has 7 nitrogen and oxygen atoms in total. The van der Waals surface area contributed by atoms with E-state index in [1.807, 2.05) is 18.2 Å². The zero-order valence-electron chi connectivity index (χ0n) is 13.1. The summed E-state index contributed by atoms with van der Waals surface area (Å²) in [5.41, 5.74) is 1.66. The average molecular weight is 327 g/mol. The molecule has 0 fully saturated rings. The molecule has 0 unspecified atom stereocenters. The lowest BCUT2D eigenvalue weighted by Crippen LogP contribution is -2.07. The van der Waals surface area contributed by atoms with E-state index in [0.717, 1.165) is 11.3 Å². The Labute approximate surface area is 138 Å². The molecule has 0 saturated heterocycles. The van der Waals surface area contributed by atoms with E-state index in [1.54, 1.807) is 25.6 Å². The number of methoxy groups -OCH3 is 1. The van der Waals surface area contributed by atoms with Crippen molar-refractivity contribution in [1.29, 1.82) is 0 Å². The molecule has 7 heteroatoms. The van der Waals surface area contributed by atoms with Crippen molar-refractivity contribution in [3.8, 4) is 34.6 Å². The minimum Gasteiger partial charge on any atom is -0.494 e. The van der Waals surface area contributed by atoms with Crippen LogP contribution in [-0.2, 0) is 6.54 Å². The predicted molar refractivity (Wildman–Crippen MR) is 87.3 cm³/mol. The van der Waals surface area contributed by atoms with Gasteiger partial charge in [-0.25, -0.2) is 4.98 Å². The maximum Gasteiger partial charge on any atom is 0.212 e. The van der Waals surface area contributed by atoms with Gasteiger partial charge in [0.2, 0.25) is 5.88 Å². The van der Waals surface area contributed by atoms with E-state index >= 15 is 0 Å². The molecule has 0 spiro atoms. The zero-order valence-corrected chi connectivity index (χ0v) is 13.1. The van der Waals surface area contributed by atoms with Crippen LogP contribution in [0.2, 0.25) is 0 Å². The molecule has 124 valence electrons. The van der Waals surface area contributed by atoms with Gasteiger partial charge in [0.1, 0.15) is 12.4 Å². The van der Waals surface area contributed by atoms with Crippen LogP contribution in [0.15, 0.2) is 48.8 Å². The summed E-state index contributed by atoms with van der Waals surface area (Å²) in [4.78, 5) is 8.49. The maximum atomic E-state index is 9.55. The van der Waals surface area contributed by atoms with Crippen molar-refractivity contribution in [3.63, 3.8) is 0 Å². The smallest absolute Gasteiger partial charge is 0.212 e. The number of aromatic hydroxyl groups is 2. The molecule has 0 aromatic carbocycles. The molecular formula is C17H17N3O4. The van der Waals surface area contributed by atoms with Crippen LogP contribution in [0.5, 0.6) is 23.4 Å². The van der Waals surface area contributed by atoms with E-state index in [-0.39, 0.29) is 11.8 Å². The quantitative estimate of drug-likeness (QED) is 0.723. The minimum absolute atomic E-state index is 0.00317. The largest absolute Gasteiger partial charge is 0.494 e. The van der Waals surface area contributed by atoms with Gasteiger partial charge in [0.25, 0.3) is 0 Å². The van der Waals surface area contributed by atoms with Crippen molar-refractivity contribution in [2.24, 2.45) is 0 Å². The molecule has 0 bridgehead atoms. The van der Waals surface area contributed by atoms with E-state index in [0.29, 0.717) is 24.8 Å². The second-order valence-electron chi connectivity index (χ2n) is 5.02. The first-order valence-electron chi connectivity index (χ1n) is 7.34. The van der Waals surface area contributed by atoms with Crippen molar-refractivity contribution in [2.75, 3.05) is 13.7 Å². The average Bonchev–Trinajstić information content (AvgIpc) is 2.94. The fraction of sp³-hybridized carbons (Fsp3) is 0.176. The van der Waals surface area contributed by atoms with E-state index in [9.17, 15) is 10.2 Å². The number of aromatic nitrogens is 3. The number of ether oxygens (including phenoxy) is 2. The summed E-state index contributed by atoms with van der Waals surface area (Å²) in [7, 11) is 1.57. The Bertz CT molecular complexity index is 778. The fourth-order valence-electron chi connectivity index (χ4n) is 2.22. The normalized spacial score (nSPS) is 10.5. The SMILES string of the molecule is COc1ccc(-c2ccc(OCCn3c(O)ccc3O)cn2)cn1. The topological polar surface area (TPSA) is 89.6 Å². The van der Waals surface area contributed by atoms with Crippen LogP contribution in [0.4, 0.5) is 0 Å². The lowest BCUT2D eigenvalue weighted by molar-refractivity contribution is 0.274. The molecule has 0 radical (unpaired) electrons. The molecular weight excluding hydrogens is 310 g/mol. The molecule has 2 N–H and O–H groups in total. The van der Waals surface area contributed by atoms with Gasteiger partial charge in [0, 0.05) is 30.0 Å². The number of hydrogen-bond acceptors (Lipinski definition) is 6. The van der Waals surface area contributed by atoms with E-state index < -0.39 is 0 Å². The highest BCUT2D eigenvalue weighted by Gasteiger charge is 2.06. The number of rotatable bonds is 6. The number of hydrogen-bond donors (Lipinski definition) is 2. The Morgan fingerprint density at radius 1 is 0.958 bits per heavy atom. The minimum atomic E-state index is -0.00317. The molecule has 0 aliphatic rings. The summed E-state index contributed by atoms with van der Waals surface area (Å²) >= 11 is 0. The third-order valence-corrected chi connectivity index (χ3v) is 3.50. The summed E-state index contributed by atoms with van der Waals surface area (Å²) in [5, 5.41) is 19.1. The third kappa shape index (κ3) is 3.40. The highest BCUT2D eigenvalue weighted by Crippen LogP contribution is 2.22. The van der Waals surface area contributed by atoms with E-state index in [2.05, 4.69) is 9.97 Å². The number of nitrogens with zero attached hydrogens (tertiary/aromatic N) is 3. The van der Waals surface area contributed by atoms with Crippen molar-refractivity contribution >= 4 is 0 Å². The molecule has 0 saturated carbocycles. The van der Waals surface area contributed by atoms with Gasteiger partial charge in [-0.1, -0.05) is 0 Å². The second kappa shape index (κ2) is 6.91. The summed E-state index contributed by atoms with van der Waals surface area (Å²) in [6.45, 7) is 0.621. The Balaban J connectivity index is 1.60. The van der Waals surface area contributed by atoms with Crippen LogP contribution in [-0.4, -0.2) is 38.5 Å². The molecule has 3 aromatic rings. The van der Waals surface area contributed by atoms with Gasteiger partial charge in [-0.05, 0) is 18.2 Å². The van der Waals surface area contributed by atoms with Crippen molar-refractivity contribution in [2.45, 2.75) is 6.54 Å². The summed E-state index contributed by atoms with van der Waals surface area (Å²) in [5.74, 6) is 1.15. The molecule has 0 aliphatic heterocycles. The van der Waals surface area contributed by atoms with Gasteiger partial charge in [-0.3, -0.25) is 9.55 Å². The van der Waals surface area contributed by atoms with Crippen LogP contribution in [0.1, 0.15) is 0 Å². The molecule has 3 rings (SSSR count). The monoisotopic (exact) mass is 327 g/mol. The fourth-order valence-corrected chi connectivity index (χ4v) is 2.22. The number of pyridine rings is 2. The van der Waals surface area contributed by atoms with Gasteiger partial charge in [0.05, 0.1) is 25.5 Å². The Hall–Kier alpha value is -3.22. The van der Waals surface area contributed by atoms with Gasteiger partial charge >= 0.3 is 0 Å². The summed E-state index contributed by atoms with van der Waals surface area (Å²) < 4.78 is 12.0. The molecule has 24 heavy (non-hydrogen) atoms. The van der Waals surface area contributed by atoms with Crippen molar-refractivity contribution in [1.82, 2.24) is 14.5 Å². The lowest BCUT2D eigenvalue weighted by atomic mass is 10.2. The molecule has 0 amide bonds. The van der Waals surface area contributed by atoms with E-state index in [1.165, 1.54) is 16.7 Å². The van der Waals surface area contributed by atoms with Crippen LogP contribution >= 0.6 is 0 Å². The maximum absolute atomic E-state index is 9.55. The van der Waals surface area contributed by atoms with Gasteiger partial charge in [0.15, 0.2) is 11.8 Å². The Morgan fingerprint density at radius 2 is 1.75 bits per heavy atom. The molecule has 3 heterocycles. The van der Waals surface area contributed by atoms with Gasteiger partial charge < -0.3 is 19.7 Å². The van der Waals surface area contributed by atoms with Crippen LogP contribution in [0, 0.1) is 0 Å². The first kappa shape index (κ1) is 15.7. The Morgan fingerprint density at radius 3 is 2.33 bits per heavy atom. The molecule has 0 aliphatic carbocycles. The van der Waals surface area contributed by atoms with Crippen molar-refractivity contribution < 1.29 is 19.7 Å². The lowest BCUT2D eigenvalue weighted by Gasteiger charge is -2.09. The zero-order chi connectivity index (χ0) is 16.9. The first-order chi connectivity index (χ1) is 11.7. The third-order valence-electron chi connectivity index (χ3n) is 3.50. The van der Waals surface area contributed by atoms with Gasteiger partial charge in [-0.15, -0.1) is 0 Å². The van der Waals surface area contributed by atoms with Crippen molar-refractivity contribution in [3.05, 3.63) is 48.8 Å². The summed E-state index contributed by atoms with van der Waals surface area (Å²) in [6, 6.07) is 10.2. The van der Waals surface area contributed by atoms with E-state index in [4.69, 9.17) is 9.47 Å². The van der Waals surface area contributed by atoms with Crippen LogP contribution in [0.3, 0.4) is 0 Å². The predicted octanol–water partition coefficient (Wildman–Crippen LogP) is 2.44. The Kier molecular flexibility index (Phi) is 4.51. The molecule has 0 atom stereocenters.